The molecule has 1 aliphatic heterocycles. The summed E-state index contributed by atoms with van der Waals surface area (Å²) in [7, 11) is -0.305. The molecule has 0 aromatic heterocycles. The van der Waals surface area contributed by atoms with E-state index in [1.54, 1.807) is 0 Å². The third-order valence-corrected chi connectivity index (χ3v) is 6.32. The molecule has 2 rings (SSSR count). The van der Waals surface area contributed by atoms with Gasteiger partial charge < -0.3 is 4.74 Å². The Morgan fingerprint density at radius 1 is 1.21 bits per heavy atom. The van der Waals surface area contributed by atoms with Crippen molar-refractivity contribution in [1.29, 1.82) is 0 Å². The van der Waals surface area contributed by atoms with Gasteiger partial charge in [0, 0.05) is 6.16 Å². The maximum atomic E-state index is 5.78. The first-order chi connectivity index (χ1) is 8.78. The van der Waals surface area contributed by atoms with Crippen LogP contribution in [-0.4, -0.2) is 29.4 Å². The predicted molar refractivity (Wildman–Crippen MR) is 85.1 cm³/mol. The van der Waals surface area contributed by atoms with Gasteiger partial charge in [-0.1, -0.05) is 59.0 Å². The van der Waals surface area contributed by atoms with Crippen molar-refractivity contribution in [3.8, 4) is 0 Å². The fourth-order valence-electron chi connectivity index (χ4n) is 2.20. The van der Waals surface area contributed by atoms with Crippen molar-refractivity contribution < 1.29 is 4.74 Å². The third kappa shape index (κ3) is 3.79. The molecule has 0 fully saturated rings. The van der Waals surface area contributed by atoms with Crippen molar-refractivity contribution in [3.63, 3.8) is 0 Å². The van der Waals surface area contributed by atoms with E-state index in [2.05, 4.69) is 65.0 Å². The Morgan fingerprint density at radius 3 is 2.32 bits per heavy atom. The molecule has 0 radical (unpaired) electrons. The molecule has 0 N–H and O–H groups in total. The van der Waals surface area contributed by atoms with Gasteiger partial charge >= 0.3 is 0 Å². The topological polar surface area (TPSA) is 21.6 Å². The lowest BCUT2D eigenvalue weighted by Gasteiger charge is -2.31. The molecule has 1 aliphatic rings. The highest BCUT2D eigenvalue weighted by atomic mass is 31.1. The first-order valence-corrected chi connectivity index (χ1v) is 8.35. The van der Waals surface area contributed by atoms with Crippen LogP contribution in [-0.2, 0) is 4.74 Å². The first-order valence-electron chi connectivity index (χ1n) is 6.82. The first kappa shape index (κ1) is 14.5. The minimum atomic E-state index is -0.305. The van der Waals surface area contributed by atoms with Crippen molar-refractivity contribution in [2.24, 2.45) is 4.99 Å². The second-order valence-corrected chi connectivity index (χ2v) is 9.73. The van der Waals surface area contributed by atoms with Gasteiger partial charge in [0.15, 0.2) is 5.90 Å². The van der Waals surface area contributed by atoms with Crippen LogP contribution in [0.1, 0.15) is 34.6 Å². The SMILES string of the molecule is CC1(C)COC(CP(c2ccccc2)C(C)(C)C)=N1. The summed E-state index contributed by atoms with van der Waals surface area (Å²) in [6.45, 7) is 11.9. The number of hydrogen-bond donors (Lipinski definition) is 0. The summed E-state index contributed by atoms with van der Waals surface area (Å²) >= 11 is 0. The van der Waals surface area contributed by atoms with Gasteiger partial charge in [-0.25, -0.2) is 4.99 Å². The maximum Gasteiger partial charge on any atom is 0.188 e. The van der Waals surface area contributed by atoms with Crippen LogP contribution in [0.5, 0.6) is 0 Å². The van der Waals surface area contributed by atoms with Gasteiger partial charge in [0.05, 0.1) is 5.54 Å². The van der Waals surface area contributed by atoms with Crippen LogP contribution in [0.4, 0.5) is 0 Å². The molecule has 0 saturated heterocycles. The smallest absolute Gasteiger partial charge is 0.188 e. The van der Waals surface area contributed by atoms with Crippen molar-refractivity contribution in [1.82, 2.24) is 0 Å². The van der Waals surface area contributed by atoms with Crippen LogP contribution >= 0.6 is 7.92 Å². The summed E-state index contributed by atoms with van der Waals surface area (Å²) in [6.07, 6.45) is 0.951. The predicted octanol–water partition coefficient (Wildman–Crippen LogP) is 3.80. The van der Waals surface area contributed by atoms with Gasteiger partial charge in [-0.3, -0.25) is 0 Å². The molecule has 1 atom stereocenters. The summed E-state index contributed by atoms with van der Waals surface area (Å²) in [4.78, 5) is 4.71. The number of rotatable bonds is 3. The van der Waals surface area contributed by atoms with Crippen molar-refractivity contribution >= 4 is 19.1 Å². The Morgan fingerprint density at radius 2 is 1.84 bits per heavy atom. The number of ether oxygens (including phenoxy) is 1. The fraction of sp³-hybridized carbons (Fsp3) is 0.562. The molecule has 0 bridgehead atoms. The van der Waals surface area contributed by atoms with Crippen LogP contribution in [0.15, 0.2) is 35.3 Å². The molecule has 0 aliphatic carbocycles. The van der Waals surface area contributed by atoms with Crippen LogP contribution in [0.25, 0.3) is 0 Å². The minimum Gasteiger partial charge on any atom is -0.478 e. The quantitative estimate of drug-likeness (QED) is 0.770. The van der Waals surface area contributed by atoms with Crippen molar-refractivity contribution in [2.45, 2.75) is 45.3 Å². The third-order valence-electron chi connectivity index (χ3n) is 3.19. The van der Waals surface area contributed by atoms with Gasteiger partial charge in [-0.2, -0.15) is 0 Å². The van der Waals surface area contributed by atoms with E-state index in [4.69, 9.17) is 9.73 Å². The zero-order valence-electron chi connectivity index (χ0n) is 12.6. The lowest BCUT2D eigenvalue weighted by Crippen LogP contribution is -2.24. The summed E-state index contributed by atoms with van der Waals surface area (Å²) in [5.41, 5.74) is -0.0507. The van der Waals surface area contributed by atoms with Crippen molar-refractivity contribution in [3.05, 3.63) is 30.3 Å². The second-order valence-electron chi connectivity index (χ2n) is 6.70. The van der Waals surface area contributed by atoms with Crippen molar-refractivity contribution in [2.75, 3.05) is 12.8 Å². The van der Waals surface area contributed by atoms with Gasteiger partial charge in [0.1, 0.15) is 6.61 Å². The summed E-state index contributed by atoms with van der Waals surface area (Å²) in [6, 6.07) is 10.8. The molecule has 1 aromatic rings. The van der Waals surface area contributed by atoms with E-state index < -0.39 is 0 Å². The van der Waals surface area contributed by atoms with E-state index >= 15 is 0 Å². The van der Waals surface area contributed by atoms with Gasteiger partial charge in [-0.05, 0) is 24.3 Å². The number of nitrogens with zero attached hydrogens (tertiary/aromatic N) is 1. The lowest BCUT2D eigenvalue weighted by molar-refractivity contribution is 0.278. The molecular formula is C16H24NOP. The Labute approximate surface area is 118 Å². The molecule has 19 heavy (non-hydrogen) atoms. The van der Waals surface area contributed by atoms with Crippen LogP contribution in [0, 0.1) is 0 Å². The Kier molecular flexibility index (Phi) is 4.01. The van der Waals surface area contributed by atoms with E-state index in [-0.39, 0.29) is 18.6 Å². The average Bonchev–Trinajstić information content (AvgIpc) is 2.65. The molecule has 104 valence electrons. The van der Waals surface area contributed by atoms with E-state index in [0.29, 0.717) is 6.61 Å². The highest BCUT2D eigenvalue weighted by Crippen LogP contribution is 2.48. The summed E-state index contributed by atoms with van der Waals surface area (Å²) < 4.78 is 5.78. The molecule has 0 amide bonds. The van der Waals surface area contributed by atoms with Crippen LogP contribution < -0.4 is 5.30 Å². The molecule has 3 heteroatoms. The molecule has 0 saturated carbocycles. The Balaban J connectivity index is 2.22. The second kappa shape index (κ2) is 5.25. The van der Waals surface area contributed by atoms with Gasteiger partial charge in [0.25, 0.3) is 0 Å². The average molecular weight is 277 g/mol. The molecule has 1 unspecified atom stereocenters. The normalized spacial score (nSPS) is 19.7. The molecule has 2 nitrogen and oxygen atoms in total. The summed E-state index contributed by atoms with van der Waals surface area (Å²) in [5, 5.41) is 1.69. The zero-order valence-corrected chi connectivity index (χ0v) is 13.5. The molecule has 1 aromatic carbocycles. The number of benzene rings is 1. The van der Waals surface area contributed by atoms with E-state index in [1.165, 1.54) is 5.30 Å². The molecule has 0 spiro atoms. The molecule has 1 heterocycles. The van der Waals surface area contributed by atoms with Crippen LogP contribution in [0.2, 0.25) is 0 Å². The summed E-state index contributed by atoms with van der Waals surface area (Å²) in [5.74, 6) is 0.940. The number of hydrogen-bond acceptors (Lipinski definition) is 2. The van der Waals surface area contributed by atoms with E-state index in [0.717, 1.165) is 12.1 Å². The largest absolute Gasteiger partial charge is 0.478 e. The Bertz CT molecular complexity index is 459. The highest BCUT2D eigenvalue weighted by Gasteiger charge is 2.32. The lowest BCUT2D eigenvalue weighted by atomic mass is 10.1. The van der Waals surface area contributed by atoms with E-state index in [9.17, 15) is 0 Å². The zero-order chi connectivity index (χ0) is 14.1. The van der Waals surface area contributed by atoms with Crippen LogP contribution in [0.3, 0.4) is 0 Å². The molecular weight excluding hydrogens is 253 g/mol. The fourth-order valence-corrected chi connectivity index (χ4v) is 4.60. The highest BCUT2D eigenvalue weighted by molar-refractivity contribution is 7.67. The maximum absolute atomic E-state index is 5.78. The minimum absolute atomic E-state index is 0.0507. The monoisotopic (exact) mass is 277 g/mol. The number of aliphatic imine (C=N–C) groups is 1. The Hall–Kier alpha value is -0.880. The van der Waals surface area contributed by atoms with Gasteiger partial charge in [-0.15, -0.1) is 0 Å². The van der Waals surface area contributed by atoms with Gasteiger partial charge in [0.2, 0.25) is 0 Å². The van der Waals surface area contributed by atoms with E-state index in [1.807, 2.05) is 0 Å². The standard InChI is InChI=1S/C16H24NOP/c1-15(2,3)19(13-9-7-6-8-10-13)11-14-17-16(4,5)12-18-14/h6-10H,11-12H2,1-5H3.